The molecule has 2 aromatic rings. The molecule has 5 nitrogen and oxygen atoms in total. The Morgan fingerprint density at radius 2 is 1.95 bits per heavy atom. The average Bonchev–Trinajstić information content (AvgIpc) is 2.96. The minimum absolute atomic E-state index is 0.0186. The Labute approximate surface area is 127 Å². The van der Waals surface area contributed by atoms with Crippen LogP contribution in [0.3, 0.4) is 0 Å². The zero-order chi connectivity index (χ0) is 15.5. The van der Waals surface area contributed by atoms with Gasteiger partial charge in [-0.3, -0.25) is 0 Å². The molecule has 7 heteroatoms. The number of carbonyl (C=O) groups is 1. The Morgan fingerprint density at radius 1 is 1.29 bits per heavy atom. The van der Waals surface area contributed by atoms with E-state index < -0.39 is 16.0 Å². The van der Waals surface area contributed by atoms with Gasteiger partial charge in [-0.2, -0.15) is 0 Å². The summed E-state index contributed by atoms with van der Waals surface area (Å²) in [7, 11) is -2.14. The summed E-state index contributed by atoms with van der Waals surface area (Å²) < 4.78 is 25.9. The van der Waals surface area contributed by atoms with Crippen LogP contribution in [0.2, 0.25) is 0 Å². The van der Waals surface area contributed by atoms with E-state index in [1.807, 2.05) is 30.3 Å². The summed E-state index contributed by atoms with van der Waals surface area (Å²) in [6.07, 6.45) is 0.604. The molecule has 0 aliphatic rings. The van der Waals surface area contributed by atoms with Crippen molar-refractivity contribution >= 4 is 27.3 Å². The van der Waals surface area contributed by atoms with Crippen molar-refractivity contribution in [3.8, 4) is 0 Å². The first-order chi connectivity index (χ1) is 9.91. The molecule has 0 aliphatic carbocycles. The normalized spacial score (nSPS) is 11.7. The second-order valence-corrected chi connectivity index (χ2v) is 7.47. The summed E-state index contributed by atoms with van der Waals surface area (Å²) in [6.45, 7) is 0.338. The smallest absolute Gasteiger partial charge is 0.345 e. The second kappa shape index (κ2) is 6.38. The van der Waals surface area contributed by atoms with Crippen molar-refractivity contribution in [3.63, 3.8) is 0 Å². The molecule has 0 saturated heterocycles. The molecule has 0 amide bonds. The molecule has 1 N–H and O–H groups in total. The third-order valence-corrected chi connectivity index (χ3v) is 5.95. The van der Waals surface area contributed by atoms with Gasteiger partial charge < -0.3 is 5.11 Å². The number of carboxylic acid groups (broad SMARTS) is 1. The van der Waals surface area contributed by atoms with Gasteiger partial charge in [0.15, 0.2) is 0 Å². The number of hydrogen-bond acceptors (Lipinski definition) is 4. The minimum Gasteiger partial charge on any atom is -0.477 e. The van der Waals surface area contributed by atoms with Crippen molar-refractivity contribution in [2.75, 3.05) is 13.6 Å². The highest BCUT2D eigenvalue weighted by atomic mass is 32.2. The first-order valence-electron chi connectivity index (χ1n) is 6.23. The van der Waals surface area contributed by atoms with Crippen LogP contribution in [0.4, 0.5) is 0 Å². The SMILES string of the molecule is CN(CCc1ccccc1)S(=O)(=O)c1csc(C(=O)O)c1. The first-order valence-corrected chi connectivity index (χ1v) is 8.55. The maximum Gasteiger partial charge on any atom is 0.345 e. The summed E-state index contributed by atoms with van der Waals surface area (Å²) in [5, 5.41) is 10.2. The Balaban J connectivity index is 2.09. The molecule has 0 radical (unpaired) electrons. The number of carboxylic acids is 1. The Kier molecular flexibility index (Phi) is 4.76. The van der Waals surface area contributed by atoms with Gasteiger partial charge in [0.05, 0.1) is 4.90 Å². The van der Waals surface area contributed by atoms with Crippen LogP contribution in [-0.4, -0.2) is 37.4 Å². The Bertz CT molecular complexity index is 722. The Hall–Kier alpha value is -1.70. The van der Waals surface area contributed by atoms with Crippen LogP contribution in [-0.2, 0) is 16.4 Å². The molecular formula is C14H15NO4S2. The molecule has 21 heavy (non-hydrogen) atoms. The second-order valence-electron chi connectivity index (χ2n) is 4.51. The lowest BCUT2D eigenvalue weighted by Gasteiger charge is -2.16. The maximum absolute atomic E-state index is 12.3. The van der Waals surface area contributed by atoms with Crippen molar-refractivity contribution in [2.24, 2.45) is 0 Å². The van der Waals surface area contributed by atoms with Crippen LogP contribution in [0, 0.1) is 0 Å². The van der Waals surface area contributed by atoms with Gasteiger partial charge >= 0.3 is 5.97 Å². The zero-order valence-corrected chi connectivity index (χ0v) is 13.0. The van der Waals surface area contributed by atoms with E-state index in [1.54, 1.807) is 0 Å². The van der Waals surface area contributed by atoms with E-state index in [9.17, 15) is 13.2 Å². The summed E-state index contributed by atoms with van der Waals surface area (Å²) in [5.41, 5.74) is 1.05. The largest absolute Gasteiger partial charge is 0.477 e. The standard InChI is InChI=1S/C14H15NO4S2/c1-15(8-7-11-5-3-2-4-6-11)21(18,19)12-9-13(14(16)17)20-10-12/h2-6,9-10H,7-8H2,1H3,(H,16,17). The highest BCUT2D eigenvalue weighted by Gasteiger charge is 2.23. The van der Waals surface area contributed by atoms with Gasteiger partial charge in [-0.25, -0.2) is 17.5 Å². The van der Waals surface area contributed by atoms with Crippen molar-refractivity contribution in [3.05, 3.63) is 52.2 Å². The summed E-state index contributed by atoms with van der Waals surface area (Å²) in [5.74, 6) is -1.12. The monoisotopic (exact) mass is 325 g/mol. The average molecular weight is 325 g/mol. The lowest BCUT2D eigenvalue weighted by Crippen LogP contribution is -2.28. The molecule has 0 unspecified atom stereocenters. The highest BCUT2D eigenvalue weighted by Crippen LogP contribution is 2.22. The lowest BCUT2D eigenvalue weighted by atomic mass is 10.2. The molecular weight excluding hydrogens is 310 g/mol. The predicted octanol–water partition coefficient (Wildman–Crippen LogP) is 2.31. The van der Waals surface area contributed by atoms with E-state index in [0.717, 1.165) is 16.9 Å². The van der Waals surface area contributed by atoms with Gasteiger partial charge in [-0.1, -0.05) is 30.3 Å². The molecule has 112 valence electrons. The van der Waals surface area contributed by atoms with Crippen molar-refractivity contribution < 1.29 is 18.3 Å². The number of nitrogens with zero attached hydrogens (tertiary/aromatic N) is 1. The molecule has 0 atom stereocenters. The van der Waals surface area contributed by atoms with Gasteiger partial charge in [-0.05, 0) is 18.1 Å². The quantitative estimate of drug-likeness (QED) is 0.884. The van der Waals surface area contributed by atoms with Crippen molar-refractivity contribution in [2.45, 2.75) is 11.3 Å². The van der Waals surface area contributed by atoms with E-state index in [-0.39, 0.29) is 9.77 Å². The molecule has 0 spiro atoms. The van der Waals surface area contributed by atoms with Crippen LogP contribution >= 0.6 is 11.3 Å². The summed E-state index contributed by atoms with van der Waals surface area (Å²) >= 11 is 0.911. The van der Waals surface area contributed by atoms with Gasteiger partial charge in [0.1, 0.15) is 4.88 Å². The van der Waals surface area contributed by atoms with E-state index in [4.69, 9.17) is 5.11 Å². The molecule has 2 rings (SSSR count). The number of aromatic carboxylic acids is 1. The number of benzene rings is 1. The van der Waals surface area contributed by atoms with Crippen LogP contribution in [0.15, 0.2) is 46.7 Å². The van der Waals surface area contributed by atoms with E-state index >= 15 is 0 Å². The number of hydrogen-bond donors (Lipinski definition) is 1. The van der Waals surface area contributed by atoms with E-state index in [1.165, 1.54) is 22.8 Å². The molecule has 1 heterocycles. The van der Waals surface area contributed by atoms with Gasteiger partial charge in [-0.15, -0.1) is 11.3 Å². The zero-order valence-electron chi connectivity index (χ0n) is 11.4. The highest BCUT2D eigenvalue weighted by molar-refractivity contribution is 7.89. The van der Waals surface area contributed by atoms with Crippen LogP contribution in [0.1, 0.15) is 15.2 Å². The van der Waals surface area contributed by atoms with Gasteiger partial charge in [0, 0.05) is 19.0 Å². The fourth-order valence-electron chi connectivity index (χ4n) is 1.80. The van der Waals surface area contributed by atoms with Crippen molar-refractivity contribution in [1.29, 1.82) is 0 Å². The summed E-state index contributed by atoms with van der Waals surface area (Å²) in [4.78, 5) is 10.9. The fourth-order valence-corrected chi connectivity index (χ4v) is 4.07. The third kappa shape index (κ3) is 3.69. The van der Waals surface area contributed by atoms with Gasteiger partial charge in [0.2, 0.25) is 10.0 Å². The van der Waals surface area contributed by atoms with Crippen LogP contribution in [0.5, 0.6) is 0 Å². The van der Waals surface area contributed by atoms with Crippen LogP contribution in [0.25, 0.3) is 0 Å². The van der Waals surface area contributed by atoms with Crippen LogP contribution < -0.4 is 0 Å². The molecule has 1 aromatic heterocycles. The lowest BCUT2D eigenvalue weighted by molar-refractivity contribution is 0.0702. The molecule has 0 fully saturated rings. The van der Waals surface area contributed by atoms with Crippen molar-refractivity contribution in [1.82, 2.24) is 4.31 Å². The number of likely N-dealkylation sites (N-methyl/N-ethyl adjacent to an activating group) is 1. The van der Waals surface area contributed by atoms with E-state index in [0.29, 0.717) is 13.0 Å². The number of rotatable bonds is 6. The fraction of sp³-hybridized carbons (Fsp3) is 0.214. The van der Waals surface area contributed by atoms with E-state index in [2.05, 4.69) is 0 Å². The first kappa shape index (κ1) is 15.7. The summed E-state index contributed by atoms with van der Waals surface area (Å²) in [6, 6.07) is 10.8. The van der Waals surface area contributed by atoms with Gasteiger partial charge in [0.25, 0.3) is 0 Å². The maximum atomic E-state index is 12.3. The predicted molar refractivity (Wildman–Crippen MR) is 81.2 cm³/mol. The molecule has 0 saturated carbocycles. The molecule has 0 aliphatic heterocycles. The topological polar surface area (TPSA) is 74.7 Å². The Morgan fingerprint density at radius 3 is 2.52 bits per heavy atom. The number of sulfonamides is 1. The third-order valence-electron chi connectivity index (χ3n) is 3.05. The minimum atomic E-state index is -3.64. The molecule has 0 bridgehead atoms. The molecule has 1 aromatic carbocycles. The number of thiophene rings is 1.